The van der Waals surface area contributed by atoms with Gasteiger partial charge in [-0.25, -0.2) is 0 Å². The zero-order chi connectivity index (χ0) is 11.3. The van der Waals surface area contributed by atoms with Crippen LogP contribution in [0.4, 0.5) is 0 Å². The van der Waals surface area contributed by atoms with Crippen molar-refractivity contribution in [2.45, 2.75) is 39.2 Å². The summed E-state index contributed by atoms with van der Waals surface area (Å²) in [5, 5.41) is 2.99. The van der Waals surface area contributed by atoms with E-state index in [0.29, 0.717) is 0 Å². The molecule has 0 radical (unpaired) electrons. The maximum Gasteiger partial charge on any atom is 0.227 e. The molecule has 0 aliphatic rings. The Bertz CT molecular complexity index is 308. The van der Waals surface area contributed by atoms with Crippen molar-refractivity contribution in [3.05, 3.63) is 35.9 Å². The summed E-state index contributed by atoms with van der Waals surface area (Å²) in [5.41, 5.74) is 1.07. The van der Waals surface area contributed by atoms with E-state index in [1.54, 1.807) is 0 Å². The number of rotatable bonds is 4. The summed E-state index contributed by atoms with van der Waals surface area (Å²) in [5.74, 6) is 0.0377. The van der Waals surface area contributed by atoms with Crippen LogP contribution in [0.1, 0.15) is 38.7 Å². The van der Waals surface area contributed by atoms with E-state index in [9.17, 15) is 4.79 Å². The molecular weight excluding hydrogens is 186 g/mol. The summed E-state index contributed by atoms with van der Waals surface area (Å²) in [4.78, 5) is 11.8. The molecular formula is C13H19NO. The fourth-order valence-corrected chi connectivity index (χ4v) is 1.36. The Hall–Kier alpha value is -1.31. The van der Waals surface area contributed by atoms with Crippen molar-refractivity contribution in [2.75, 3.05) is 0 Å². The predicted octanol–water partition coefficient (Wildman–Crippen LogP) is 2.70. The molecule has 0 saturated heterocycles. The van der Waals surface area contributed by atoms with Crippen molar-refractivity contribution < 1.29 is 4.79 Å². The van der Waals surface area contributed by atoms with Crippen LogP contribution in [0.25, 0.3) is 0 Å². The molecule has 0 unspecified atom stereocenters. The third-order valence-electron chi connectivity index (χ3n) is 2.69. The summed E-state index contributed by atoms with van der Waals surface area (Å²) >= 11 is 0. The van der Waals surface area contributed by atoms with Crippen LogP contribution in [-0.2, 0) is 4.79 Å². The largest absolute Gasteiger partial charge is 0.353 e. The topological polar surface area (TPSA) is 29.1 Å². The second-order valence-corrected chi connectivity index (χ2v) is 3.95. The first-order chi connectivity index (χ1) is 7.15. The van der Waals surface area contributed by atoms with Crippen LogP contribution in [0.5, 0.6) is 0 Å². The molecule has 1 rings (SSSR count). The number of hydrogen-bond donors (Lipinski definition) is 1. The summed E-state index contributed by atoms with van der Waals surface area (Å²) < 4.78 is 0. The Kier molecular flexibility index (Phi) is 4.35. The summed E-state index contributed by atoms with van der Waals surface area (Å²) in [6, 6.07) is 10.1. The van der Waals surface area contributed by atoms with Gasteiger partial charge in [0.1, 0.15) is 0 Å². The second kappa shape index (κ2) is 5.54. The van der Waals surface area contributed by atoms with E-state index in [4.69, 9.17) is 0 Å². The molecule has 0 bridgehead atoms. The summed E-state index contributed by atoms with van der Waals surface area (Å²) in [6.07, 6.45) is 0.966. The minimum Gasteiger partial charge on any atom is -0.353 e. The van der Waals surface area contributed by atoms with Crippen LogP contribution in [-0.4, -0.2) is 11.9 Å². The van der Waals surface area contributed by atoms with E-state index in [1.807, 2.05) is 44.2 Å². The highest BCUT2D eigenvalue weighted by molar-refractivity contribution is 5.83. The van der Waals surface area contributed by atoms with Crippen molar-refractivity contribution >= 4 is 5.91 Å². The standard InChI is InChI=1S/C13H19NO/c1-4-10(2)14-13(15)11(3)12-8-6-5-7-9-12/h5-11H,4H2,1-3H3,(H,14,15)/t10-,11-/m0/s1. The van der Waals surface area contributed by atoms with Gasteiger partial charge in [-0.3, -0.25) is 4.79 Å². The number of carbonyl (C=O) groups excluding carboxylic acids is 1. The van der Waals surface area contributed by atoms with Crippen LogP contribution in [0, 0.1) is 0 Å². The summed E-state index contributed by atoms with van der Waals surface area (Å²) in [6.45, 7) is 6.03. The Morgan fingerprint density at radius 2 is 1.87 bits per heavy atom. The van der Waals surface area contributed by atoms with Crippen molar-refractivity contribution in [1.29, 1.82) is 0 Å². The molecule has 0 fully saturated rings. The molecule has 0 spiro atoms. The third-order valence-corrected chi connectivity index (χ3v) is 2.69. The fraction of sp³-hybridized carbons (Fsp3) is 0.462. The minimum absolute atomic E-state index is 0.0693. The Labute approximate surface area is 91.7 Å². The zero-order valence-corrected chi connectivity index (χ0v) is 9.66. The lowest BCUT2D eigenvalue weighted by Crippen LogP contribution is -2.35. The lowest BCUT2D eigenvalue weighted by molar-refractivity contribution is -0.122. The van der Waals surface area contributed by atoms with Crippen LogP contribution in [0.2, 0.25) is 0 Å². The van der Waals surface area contributed by atoms with E-state index in [2.05, 4.69) is 12.2 Å². The molecule has 0 aliphatic heterocycles. The van der Waals surface area contributed by atoms with Gasteiger partial charge < -0.3 is 5.32 Å². The Balaban J connectivity index is 2.61. The van der Waals surface area contributed by atoms with Crippen molar-refractivity contribution in [3.63, 3.8) is 0 Å². The van der Waals surface area contributed by atoms with E-state index in [1.165, 1.54) is 0 Å². The number of amides is 1. The fourth-order valence-electron chi connectivity index (χ4n) is 1.36. The van der Waals surface area contributed by atoms with Gasteiger partial charge in [0.25, 0.3) is 0 Å². The van der Waals surface area contributed by atoms with Gasteiger partial charge in [0.05, 0.1) is 5.92 Å². The molecule has 0 heterocycles. The lowest BCUT2D eigenvalue weighted by atomic mass is 10.00. The van der Waals surface area contributed by atoms with Crippen molar-refractivity contribution in [2.24, 2.45) is 0 Å². The van der Waals surface area contributed by atoms with Crippen LogP contribution in [0.3, 0.4) is 0 Å². The van der Waals surface area contributed by atoms with E-state index in [-0.39, 0.29) is 17.9 Å². The zero-order valence-electron chi connectivity index (χ0n) is 9.66. The quantitative estimate of drug-likeness (QED) is 0.804. The highest BCUT2D eigenvalue weighted by atomic mass is 16.1. The first-order valence-electron chi connectivity index (χ1n) is 5.50. The highest BCUT2D eigenvalue weighted by Crippen LogP contribution is 2.14. The first kappa shape index (κ1) is 11.8. The molecule has 1 N–H and O–H groups in total. The minimum atomic E-state index is -0.0693. The molecule has 0 saturated carbocycles. The van der Waals surface area contributed by atoms with Crippen LogP contribution >= 0.6 is 0 Å². The molecule has 0 aromatic heterocycles. The number of hydrogen-bond acceptors (Lipinski definition) is 1. The van der Waals surface area contributed by atoms with E-state index in [0.717, 1.165) is 12.0 Å². The average molecular weight is 205 g/mol. The number of benzene rings is 1. The van der Waals surface area contributed by atoms with Gasteiger partial charge in [-0.2, -0.15) is 0 Å². The Morgan fingerprint density at radius 1 is 1.27 bits per heavy atom. The van der Waals surface area contributed by atoms with Gasteiger partial charge in [0, 0.05) is 6.04 Å². The molecule has 82 valence electrons. The molecule has 2 heteroatoms. The van der Waals surface area contributed by atoms with Gasteiger partial charge in [0.15, 0.2) is 0 Å². The van der Waals surface area contributed by atoms with Crippen molar-refractivity contribution in [3.8, 4) is 0 Å². The molecule has 1 aromatic carbocycles. The molecule has 15 heavy (non-hydrogen) atoms. The summed E-state index contributed by atoms with van der Waals surface area (Å²) in [7, 11) is 0. The van der Waals surface area contributed by atoms with E-state index >= 15 is 0 Å². The first-order valence-corrected chi connectivity index (χ1v) is 5.50. The normalized spacial score (nSPS) is 14.3. The molecule has 0 aliphatic carbocycles. The predicted molar refractivity (Wildman–Crippen MR) is 62.8 cm³/mol. The monoisotopic (exact) mass is 205 g/mol. The number of nitrogens with one attached hydrogen (secondary N) is 1. The average Bonchev–Trinajstić information content (AvgIpc) is 2.29. The highest BCUT2D eigenvalue weighted by Gasteiger charge is 2.15. The van der Waals surface area contributed by atoms with Gasteiger partial charge in [-0.1, -0.05) is 37.3 Å². The van der Waals surface area contributed by atoms with Crippen LogP contribution in [0.15, 0.2) is 30.3 Å². The Morgan fingerprint density at radius 3 is 2.40 bits per heavy atom. The molecule has 1 amide bonds. The van der Waals surface area contributed by atoms with Gasteiger partial charge in [-0.15, -0.1) is 0 Å². The smallest absolute Gasteiger partial charge is 0.227 e. The molecule has 1 aromatic rings. The number of carbonyl (C=O) groups is 1. The second-order valence-electron chi connectivity index (χ2n) is 3.95. The third kappa shape index (κ3) is 3.39. The van der Waals surface area contributed by atoms with Gasteiger partial charge in [-0.05, 0) is 25.8 Å². The van der Waals surface area contributed by atoms with Crippen LogP contribution < -0.4 is 5.32 Å². The van der Waals surface area contributed by atoms with Gasteiger partial charge >= 0.3 is 0 Å². The maximum absolute atomic E-state index is 11.8. The van der Waals surface area contributed by atoms with Gasteiger partial charge in [0.2, 0.25) is 5.91 Å². The lowest BCUT2D eigenvalue weighted by Gasteiger charge is -2.16. The molecule has 2 atom stereocenters. The maximum atomic E-state index is 11.8. The van der Waals surface area contributed by atoms with Crippen molar-refractivity contribution in [1.82, 2.24) is 5.32 Å². The van der Waals surface area contributed by atoms with E-state index < -0.39 is 0 Å². The molecule has 2 nitrogen and oxygen atoms in total. The SMILES string of the molecule is CC[C@H](C)NC(=O)[C@@H](C)c1ccccc1.